The fraction of sp³-hybridized carbons (Fsp3) is 0.647. The molecule has 49 heavy (non-hydrogen) atoms. The first kappa shape index (κ1) is 37.4. The van der Waals surface area contributed by atoms with Crippen molar-refractivity contribution < 1.29 is 63.5 Å². The Labute approximate surface area is 284 Å². The monoisotopic (exact) mass is 692 g/mol. The van der Waals surface area contributed by atoms with E-state index in [1.807, 2.05) is 27.7 Å². The average molecular weight is 693 g/mol. The van der Waals surface area contributed by atoms with Crippen LogP contribution in [0.2, 0.25) is 0 Å². The maximum Gasteiger partial charge on any atom is 0.336 e. The maximum absolute atomic E-state index is 12.9. The highest BCUT2D eigenvalue weighted by atomic mass is 16.7. The normalized spacial score (nSPS) is 21.5. The number of rotatable bonds is 14. The van der Waals surface area contributed by atoms with E-state index in [1.165, 1.54) is 24.3 Å². The number of carbonyl (C=O) groups is 4. The molecule has 0 atom stereocenters. The van der Waals surface area contributed by atoms with Crippen LogP contribution in [0.15, 0.2) is 24.3 Å². The largest absolute Gasteiger partial charge is 0.492 e. The topological polar surface area (TPSA) is 205 Å². The molecular weight excluding hydrogens is 644 g/mol. The van der Waals surface area contributed by atoms with E-state index in [2.05, 4.69) is 0 Å². The Hall–Kier alpha value is -4.40. The summed E-state index contributed by atoms with van der Waals surface area (Å²) in [5, 5.41) is 38.7. The van der Waals surface area contributed by atoms with Crippen molar-refractivity contribution in [2.24, 2.45) is 23.7 Å². The lowest BCUT2D eigenvalue weighted by atomic mass is 9.82. The average Bonchev–Trinajstić information content (AvgIpc) is 3.54. The van der Waals surface area contributed by atoms with E-state index < -0.39 is 58.5 Å². The molecule has 15 nitrogen and oxygen atoms in total. The van der Waals surface area contributed by atoms with Crippen molar-refractivity contribution in [2.45, 2.75) is 103 Å². The highest BCUT2D eigenvalue weighted by molar-refractivity contribution is 5.76. The lowest BCUT2D eigenvalue weighted by Gasteiger charge is -2.32. The van der Waals surface area contributed by atoms with Crippen LogP contribution in [-0.2, 0) is 33.4 Å². The van der Waals surface area contributed by atoms with Gasteiger partial charge in [-0.3, -0.25) is 9.59 Å². The molecule has 2 aliphatic rings. The third-order valence-corrected chi connectivity index (χ3v) is 9.27. The number of aromatic hydroxyl groups is 4. The summed E-state index contributed by atoms with van der Waals surface area (Å²) in [5.41, 5.74) is -1.41. The quantitative estimate of drug-likeness (QED) is 0.208. The summed E-state index contributed by atoms with van der Waals surface area (Å²) in [6.45, 7) is 7.86. The van der Waals surface area contributed by atoms with Gasteiger partial charge in [-0.2, -0.15) is 0 Å². The number of hydrogen-bond acceptors (Lipinski definition) is 13. The minimum absolute atomic E-state index is 0.155. The van der Waals surface area contributed by atoms with Crippen molar-refractivity contribution in [3.8, 4) is 23.5 Å². The van der Waals surface area contributed by atoms with Crippen LogP contribution in [0.4, 0.5) is 0 Å². The van der Waals surface area contributed by atoms with Gasteiger partial charge in [0.15, 0.2) is 0 Å². The fourth-order valence-corrected chi connectivity index (χ4v) is 6.02. The summed E-state index contributed by atoms with van der Waals surface area (Å²) in [5.74, 6) is -5.05. The molecule has 15 heteroatoms. The molecule has 0 amide bonds. The molecule has 2 aromatic rings. The minimum Gasteiger partial charge on any atom is -0.492 e. The predicted octanol–water partition coefficient (Wildman–Crippen LogP) is 3.78. The lowest BCUT2D eigenvalue weighted by molar-refractivity contribution is -0.167. The summed E-state index contributed by atoms with van der Waals surface area (Å²) >= 11 is 0. The Morgan fingerprint density at radius 1 is 0.571 bits per heavy atom. The van der Waals surface area contributed by atoms with Crippen molar-refractivity contribution in [3.05, 3.63) is 24.3 Å². The summed E-state index contributed by atoms with van der Waals surface area (Å²) in [4.78, 5) is 60.7. The highest BCUT2D eigenvalue weighted by Gasteiger charge is 2.36. The van der Waals surface area contributed by atoms with Crippen LogP contribution in [-0.4, -0.2) is 78.2 Å². The van der Waals surface area contributed by atoms with Gasteiger partial charge in [0.1, 0.15) is 5.60 Å². The molecule has 0 aromatic carbocycles. The van der Waals surface area contributed by atoms with Crippen LogP contribution < -0.4 is 9.68 Å². The van der Waals surface area contributed by atoms with E-state index in [9.17, 15) is 39.6 Å². The summed E-state index contributed by atoms with van der Waals surface area (Å²) in [7, 11) is 0. The SMILES string of the molecule is CC(C)(CCOC(=O)C1CCC(C(=O)On2c(O)ccc2O)CC1)OCCC(C)(C)OC(=O)C1CCC(C(=O)On2c(O)ccc2O)CC1. The first-order chi connectivity index (χ1) is 23.0. The highest BCUT2D eigenvalue weighted by Crippen LogP contribution is 2.33. The van der Waals surface area contributed by atoms with Crippen LogP contribution in [0.3, 0.4) is 0 Å². The van der Waals surface area contributed by atoms with Gasteiger partial charge in [0.2, 0.25) is 23.5 Å². The van der Waals surface area contributed by atoms with Gasteiger partial charge in [0.05, 0.1) is 42.5 Å². The zero-order valence-corrected chi connectivity index (χ0v) is 28.5. The smallest absolute Gasteiger partial charge is 0.336 e. The van der Waals surface area contributed by atoms with Crippen molar-refractivity contribution in [1.82, 2.24) is 9.46 Å². The molecule has 0 radical (unpaired) electrons. The van der Waals surface area contributed by atoms with Crippen LogP contribution in [0.5, 0.6) is 23.5 Å². The van der Waals surface area contributed by atoms with E-state index in [1.54, 1.807) is 0 Å². The molecule has 2 fully saturated rings. The lowest BCUT2D eigenvalue weighted by Crippen LogP contribution is -2.37. The zero-order valence-electron chi connectivity index (χ0n) is 28.5. The van der Waals surface area contributed by atoms with E-state index in [-0.39, 0.29) is 30.4 Å². The molecular formula is C34H48N2O13. The number of nitrogens with zero attached hydrogens (tertiary/aromatic N) is 2. The number of esters is 2. The second kappa shape index (κ2) is 15.9. The van der Waals surface area contributed by atoms with Gasteiger partial charge in [-0.1, -0.05) is 0 Å². The van der Waals surface area contributed by atoms with Gasteiger partial charge in [-0.05, 0) is 79.1 Å². The molecule has 2 saturated carbocycles. The molecule has 2 aliphatic carbocycles. The van der Waals surface area contributed by atoms with Crippen LogP contribution in [0, 0.1) is 23.7 Å². The number of hydrogen-bond donors (Lipinski definition) is 4. The first-order valence-corrected chi connectivity index (χ1v) is 16.7. The Morgan fingerprint density at radius 2 is 0.918 bits per heavy atom. The van der Waals surface area contributed by atoms with Gasteiger partial charge in [-0.25, -0.2) is 9.59 Å². The van der Waals surface area contributed by atoms with Gasteiger partial charge < -0.3 is 44.3 Å². The molecule has 4 rings (SSSR count). The number of ether oxygens (including phenoxy) is 3. The first-order valence-electron chi connectivity index (χ1n) is 16.7. The minimum atomic E-state index is -0.799. The zero-order chi connectivity index (χ0) is 35.9. The predicted molar refractivity (Wildman–Crippen MR) is 170 cm³/mol. The second-order valence-electron chi connectivity index (χ2n) is 14.1. The molecule has 0 aliphatic heterocycles. The standard InChI is InChI=1S/C34H48N2O13/c1-33(2,17-19-45-29(41)21-5-9-23(10-6-21)31(43)48-35-25(37)13-14-26(35)38)46-20-18-34(3,4)47-30(42)22-7-11-24(12-8-22)32(44)49-36-27(39)15-16-28(36)40/h13-16,21-24,37-40H,5-12,17-20H2,1-4H3. The summed E-state index contributed by atoms with van der Waals surface area (Å²) < 4.78 is 18.7. The Bertz CT molecular complexity index is 1420. The van der Waals surface area contributed by atoms with Crippen molar-refractivity contribution in [3.63, 3.8) is 0 Å². The third-order valence-electron chi connectivity index (χ3n) is 9.27. The molecule has 2 heterocycles. The van der Waals surface area contributed by atoms with Gasteiger partial charge >= 0.3 is 23.9 Å². The Morgan fingerprint density at radius 3 is 1.33 bits per heavy atom. The van der Waals surface area contributed by atoms with E-state index in [0.29, 0.717) is 80.3 Å². The van der Waals surface area contributed by atoms with Crippen molar-refractivity contribution in [1.29, 1.82) is 0 Å². The van der Waals surface area contributed by atoms with E-state index >= 15 is 0 Å². The van der Waals surface area contributed by atoms with Crippen LogP contribution in [0.1, 0.15) is 91.9 Å². The molecule has 0 saturated heterocycles. The van der Waals surface area contributed by atoms with Gasteiger partial charge in [-0.15, -0.1) is 9.46 Å². The molecule has 0 bridgehead atoms. The Balaban J connectivity index is 1.09. The summed E-state index contributed by atoms with van der Waals surface area (Å²) in [6.07, 6.45) is 4.32. The van der Waals surface area contributed by atoms with E-state index in [0.717, 1.165) is 0 Å². The van der Waals surface area contributed by atoms with Crippen molar-refractivity contribution >= 4 is 23.9 Å². The van der Waals surface area contributed by atoms with Crippen LogP contribution in [0.25, 0.3) is 0 Å². The molecule has 272 valence electrons. The second-order valence-corrected chi connectivity index (χ2v) is 14.1. The van der Waals surface area contributed by atoms with Crippen LogP contribution >= 0.6 is 0 Å². The van der Waals surface area contributed by atoms with E-state index in [4.69, 9.17) is 23.9 Å². The summed E-state index contributed by atoms with van der Waals surface area (Å²) in [6, 6.07) is 4.81. The number of aromatic nitrogens is 2. The molecule has 0 unspecified atom stereocenters. The molecule has 0 spiro atoms. The third kappa shape index (κ3) is 10.3. The van der Waals surface area contributed by atoms with Gasteiger partial charge in [0, 0.05) is 37.1 Å². The van der Waals surface area contributed by atoms with Gasteiger partial charge in [0.25, 0.3) is 0 Å². The fourth-order valence-electron chi connectivity index (χ4n) is 6.02. The molecule has 4 N–H and O–H groups in total. The number of carbonyl (C=O) groups excluding carboxylic acids is 4. The Kier molecular flexibility index (Phi) is 12.1. The maximum atomic E-state index is 12.9. The van der Waals surface area contributed by atoms with Crippen molar-refractivity contribution in [2.75, 3.05) is 13.2 Å². The molecule has 2 aromatic heterocycles.